The molecule has 0 saturated heterocycles. The van der Waals surface area contributed by atoms with Gasteiger partial charge in [-0.2, -0.15) is 0 Å². The van der Waals surface area contributed by atoms with Crippen LogP contribution in [0, 0.1) is 13.8 Å². The minimum Gasteiger partial charge on any atom is -0.497 e. The van der Waals surface area contributed by atoms with Crippen molar-refractivity contribution in [2.24, 2.45) is 7.05 Å². The Kier molecular flexibility index (Phi) is 6.86. The summed E-state index contributed by atoms with van der Waals surface area (Å²) in [5.74, 6) is 1.36. The van der Waals surface area contributed by atoms with Crippen LogP contribution >= 0.6 is 23.2 Å². The van der Waals surface area contributed by atoms with Crippen molar-refractivity contribution in [1.29, 1.82) is 0 Å². The van der Waals surface area contributed by atoms with Crippen LogP contribution in [-0.2, 0) is 20.1 Å². The lowest BCUT2D eigenvalue weighted by atomic mass is 10.0. The number of para-hydroxylation sites is 1. The lowest BCUT2D eigenvalue weighted by Gasteiger charge is -2.12. The highest BCUT2D eigenvalue weighted by Crippen LogP contribution is 2.35. The summed E-state index contributed by atoms with van der Waals surface area (Å²) >= 11 is 12.8. The van der Waals surface area contributed by atoms with E-state index < -0.39 is 0 Å². The molecule has 0 unspecified atom stereocenters. The van der Waals surface area contributed by atoms with E-state index in [4.69, 9.17) is 32.9 Å². The van der Waals surface area contributed by atoms with E-state index in [1.807, 2.05) is 49.7 Å². The second-order valence-corrected chi connectivity index (χ2v) is 9.84. The van der Waals surface area contributed by atoms with Crippen molar-refractivity contribution in [1.82, 2.24) is 19.9 Å². The van der Waals surface area contributed by atoms with Gasteiger partial charge in [-0.25, -0.2) is 4.98 Å². The molecule has 37 heavy (non-hydrogen) atoms. The van der Waals surface area contributed by atoms with Gasteiger partial charge in [0.2, 0.25) is 5.95 Å². The molecule has 5 rings (SSSR count). The molecule has 3 N–H and O–H groups in total. The topological polar surface area (TPSA) is 84.0 Å². The molecule has 2 aromatic heterocycles. The van der Waals surface area contributed by atoms with E-state index in [9.17, 15) is 4.79 Å². The second kappa shape index (κ2) is 10.1. The van der Waals surface area contributed by atoms with Crippen molar-refractivity contribution >= 4 is 56.6 Å². The highest BCUT2D eigenvalue weighted by atomic mass is 35.5. The largest absolute Gasteiger partial charge is 0.497 e. The van der Waals surface area contributed by atoms with E-state index in [-0.39, 0.29) is 5.56 Å². The molecule has 190 valence electrons. The molecule has 0 fully saturated rings. The van der Waals surface area contributed by atoms with Gasteiger partial charge < -0.3 is 24.9 Å². The number of rotatable bonds is 7. The van der Waals surface area contributed by atoms with E-state index in [1.54, 1.807) is 25.3 Å². The molecule has 0 aliphatic heterocycles. The van der Waals surface area contributed by atoms with Gasteiger partial charge in [0.1, 0.15) is 5.75 Å². The average molecular weight is 536 g/mol. The van der Waals surface area contributed by atoms with Crippen LogP contribution in [0.2, 0.25) is 10.0 Å². The minimum atomic E-state index is -0.147. The van der Waals surface area contributed by atoms with Gasteiger partial charge in [-0.05, 0) is 66.3 Å². The number of anilines is 2. The van der Waals surface area contributed by atoms with E-state index in [1.165, 1.54) is 0 Å². The molecule has 0 saturated carbocycles. The van der Waals surface area contributed by atoms with Crippen molar-refractivity contribution in [2.75, 3.05) is 12.4 Å². The number of benzene rings is 3. The molecule has 5 aromatic rings. The Balaban J connectivity index is 1.61. The maximum absolute atomic E-state index is 13.2. The lowest BCUT2D eigenvalue weighted by molar-refractivity contribution is 0.414. The molecule has 2 heterocycles. The Bertz CT molecular complexity index is 1670. The van der Waals surface area contributed by atoms with Crippen LogP contribution in [0.25, 0.3) is 21.8 Å². The molecule has 0 atom stereocenters. The number of aromatic amines is 1. The fourth-order valence-corrected chi connectivity index (χ4v) is 5.06. The van der Waals surface area contributed by atoms with Crippen molar-refractivity contribution in [3.05, 3.63) is 91.3 Å². The van der Waals surface area contributed by atoms with Gasteiger partial charge in [-0.1, -0.05) is 41.4 Å². The zero-order chi connectivity index (χ0) is 26.3. The number of hydrogen-bond donors (Lipinski definition) is 3. The molecule has 0 aliphatic carbocycles. The van der Waals surface area contributed by atoms with Gasteiger partial charge in [0.05, 0.1) is 39.3 Å². The summed E-state index contributed by atoms with van der Waals surface area (Å²) in [7, 11) is 3.54. The highest BCUT2D eigenvalue weighted by Gasteiger charge is 2.20. The number of nitrogens with zero attached hydrogens (tertiary/aromatic N) is 2. The van der Waals surface area contributed by atoms with E-state index in [0.29, 0.717) is 40.2 Å². The van der Waals surface area contributed by atoms with Gasteiger partial charge in [0.15, 0.2) is 0 Å². The Labute approximate surface area is 224 Å². The van der Waals surface area contributed by atoms with Gasteiger partial charge in [0, 0.05) is 25.8 Å². The van der Waals surface area contributed by atoms with Crippen LogP contribution in [-0.4, -0.2) is 21.6 Å². The third-order valence-electron chi connectivity index (χ3n) is 6.72. The van der Waals surface area contributed by atoms with Crippen LogP contribution in [0.4, 0.5) is 11.6 Å². The molecule has 0 amide bonds. The maximum atomic E-state index is 13.2. The number of fused-ring (bicyclic) bond motifs is 3. The first-order valence-corrected chi connectivity index (χ1v) is 12.6. The smallest absolute Gasteiger partial charge is 0.258 e. The van der Waals surface area contributed by atoms with Crippen molar-refractivity contribution in [3.8, 4) is 5.75 Å². The van der Waals surface area contributed by atoms with Gasteiger partial charge in [-0.3, -0.25) is 4.79 Å². The molecule has 3 aromatic carbocycles. The Morgan fingerprint density at radius 1 is 1.05 bits per heavy atom. The summed E-state index contributed by atoms with van der Waals surface area (Å²) in [6.45, 7) is 5.17. The van der Waals surface area contributed by atoms with Crippen molar-refractivity contribution < 1.29 is 4.74 Å². The highest BCUT2D eigenvalue weighted by molar-refractivity contribution is 6.39. The first-order chi connectivity index (χ1) is 17.8. The molecule has 0 bridgehead atoms. The zero-order valence-corrected chi connectivity index (χ0v) is 22.5. The standard InChI is InChI=1S/C28H27Cl2N5O2/c1-15-16(2)32-27(36)23-20(15)12-18(14-31-13-17-8-10-19(37-4)11-9-17)24-26(23)35(3)28(33-24)34-25-21(29)6-5-7-22(25)30/h5-12,31H,13-14H2,1-4H3,(H,32,36)(H,33,34). The normalized spacial score (nSPS) is 11.4. The zero-order valence-electron chi connectivity index (χ0n) is 21.0. The Morgan fingerprint density at radius 3 is 2.43 bits per heavy atom. The van der Waals surface area contributed by atoms with E-state index in [0.717, 1.165) is 44.6 Å². The fourth-order valence-electron chi connectivity index (χ4n) is 4.57. The minimum absolute atomic E-state index is 0.147. The molecule has 0 radical (unpaired) electrons. The lowest BCUT2D eigenvalue weighted by Crippen LogP contribution is -2.15. The predicted molar refractivity (Wildman–Crippen MR) is 152 cm³/mol. The molecular weight excluding hydrogens is 509 g/mol. The Morgan fingerprint density at radius 2 is 1.76 bits per heavy atom. The average Bonchev–Trinajstić information content (AvgIpc) is 3.21. The number of nitrogens with one attached hydrogen (secondary N) is 3. The van der Waals surface area contributed by atoms with Crippen LogP contribution in [0.15, 0.2) is 53.3 Å². The van der Waals surface area contributed by atoms with Crippen LogP contribution in [0.5, 0.6) is 5.75 Å². The monoisotopic (exact) mass is 535 g/mol. The van der Waals surface area contributed by atoms with Crippen LogP contribution in [0.3, 0.4) is 0 Å². The summed E-state index contributed by atoms with van der Waals surface area (Å²) < 4.78 is 7.14. The third kappa shape index (κ3) is 4.66. The Hall–Kier alpha value is -3.52. The molecule has 0 aliphatic rings. The number of hydrogen-bond acceptors (Lipinski definition) is 5. The number of aryl methyl sites for hydroxylation is 3. The predicted octanol–water partition coefficient (Wildman–Crippen LogP) is 6.38. The second-order valence-electron chi connectivity index (χ2n) is 9.03. The summed E-state index contributed by atoms with van der Waals surface area (Å²) in [6, 6.07) is 15.3. The number of H-pyrrole nitrogens is 1. The van der Waals surface area contributed by atoms with Gasteiger partial charge in [0.25, 0.3) is 5.56 Å². The number of ether oxygens (including phenoxy) is 1. The number of halogens is 2. The maximum Gasteiger partial charge on any atom is 0.258 e. The van der Waals surface area contributed by atoms with Gasteiger partial charge in [-0.15, -0.1) is 0 Å². The number of methoxy groups -OCH3 is 1. The molecule has 9 heteroatoms. The first-order valence-electron chi connectivity index (χ1n) is 11.8. The van der Waals surface area contributed by atoms with Crippen LogP contribution < -0.4 is 20.9 Å². The summed E-state index contributed by atoms with van der Waals surface area (Å²) in [5, 5.41) is 9.26. The molecular formula is C28H27Cl2N5O2. The summed E-state index contributed by atoms with van der Waals surface area (Å²) in [5.41, 5.74) is 5.89. The molecule has 7 nitrogen and oxygen atoms in total. The number of imidazole rings is 1. The third-order valence-corrected chi connectivity index (χ3v) is 7.35. The summed E-state index contributed by atoms with van der Waals surface area (Å²) in [6.07, 6.45) is 0. The molecule has 0 spiro atoms. The van der Waals surface area contributed by atoms with E-state index in [2.05, 4.69) is 21.7 Å². The first kappa shape index (κ1) is 25.1. The van der Waals surface area contributed by atoms with E-state index >= 15 is 0 Å². The van der Waals surface area contributed by atoms with Crippen molar-refractivity contribution in [2.45, 2.75) is 26.9 Å². The fraction of sp³-hybridized carbons (Fsp3) is 0.214. The number of aromatic nitrogens is 3. The number of pyridine rings is 1. The van der Waals surface area contributed by atoms with Gasteiger partial charge >= 0.3 is 0 Å². The van der Waals surface area contributed by atoms with Crippen molar-refractivity contribution in [3.63, 3.8) is 0 Å². The van der Waals surface area contributed by atoms with Crippen LogP contribution in [0.1, 0.15) is 22.4 Å². The SMILES string of the molecule is COc1ccc(CNCc2cc3c(C)c(C)[nH]c(=O)c3c3c2nc(Nc2c(Cl)cccc2Cl)n3C)cc1. The quantitative estimate of drug-likeness (QED) is 0.225. The summed E-state index contributed by atoms with van der Waals surface area (Å²) in [4.78, 5) is 21.1.